The quantitative estimate of drug-likeness (QED) is 0.483. The van der Waals surface area contributed by atoms with Crippen molar-refractivity contribution < 1.29 is 4.39 Å². The van der Waals surface area contributed by atoms with Crippen molar-refractivity contribution in [3.8, 4) is 28.2 Å². The molecular weight excluding hydrogens is 403 g/mol. The van der Waals surface area contributed by atoms with Gasteiger partial charge in [-0.05, 0) is 42.4 Å². The molecule has 0 atom stereocenters. The van der Waals surface area contributed by atoms with E-state index in [1.807, 2.05) is 35.1 Å². The largest absolute Gasteiger partial charge is 0.304 e. The van der Waals surface area contributed by atoms with Crippen LogP contribution in [-0.4, -0.2) is 62.8 Å². The van der Waals surface area contributed by atoms with Gasteiger partial charge in [-0.1, -0.05) is 24.3 Å². The van der Waals surface area contributed by atoms with Crippen LogP contribution in [0.3, 0.4) is 0 Å². The standard InChI is InChI=1S/C25H25FN6/c1-30-12-14-31(15-13-30)18-21-16-29-32(25(21)24-17-27-10-11-28-24)23-8-4-20(5-9-23)19-2-6-22(26)7-3-19/h2-11,16-17H,12-15,18H2,1H3. The number of likely N-dealkylation sites (N-methyl/N-ethyl adjacent to an activating group) is 1. The van der Waals surface area contributed by atoms with Gasteiger partial charge in [-0.3, -0.25) is 14.9 Å². The third-order valence-corrected chi connectivity index (χ3v) is 5.93. The van der Waals surface area contributed by atoms with Gasteiger partial charge in [0.15, 0.2) is 0 Å². The summed E-state index contributed by atoms with van der Waals surface area (Å²) in [6, 6.07) is 14.7. The maximum Gasteiger partial charge on any atom is 0.123 e. The van der Waals surface area contributed by atoms with E-state index in [9.17, 15) is 4.39 Å². The van der Waals surface area contributed by atoms with Gasteiger partial charge >= 0.3 is 0 Å². The SMILES string of the molecule is CN1CCN(Cc2cnn(-c3ccc(-c4ccc(F)cc4)cc3)c2-c2cnccn2)CC1. The van der Waals surface area contributed by atoms with Gasteiger partial charge in [0.1, 0.15) is 11.5 Å². The van der Waals surface area contributed by atoms with E-state index in [2.05, 4.69) is 26.8 Å². The van der Waals surface area contributed by atoms with Crippen molar-refractivity contribution in [2.45, 2.75) is 6.54 Å². The van der Waals surface area contributed by atoms with Crippen molar-refractivity contribution in [2.24, 2.45) is 0 Å². The molecule has 0 amide bonds. The first-order chi connectivity index (χ1) is 15.7. The van der Waals surface area contributed by atoms with Crippen LogP contribution in [-0.2, 0) is 6.54 Å². The van der Waals surface area contributed by atoms with Crippen LogP contribution >= 0.6 is 0 Å². The summed E-state index contributed by atoms with van der Waals surface area (Å²) in [5, 5.41) is 4.72. The molecule has 0 N–H and O–H groups in total. The van der Waals surface area contributed by atoms with Crippen molar-refractivity contribution in [2.75, 3.05) is 33.2 Å². The van der Waals surface area contributed by atoms with E-state index in [1.165, 1.54) is 12.1 Å². The molecule has 5 rings (SSSR count). The Morgan fingerprint density at radius 1 is 0.844 bits per heavy atom. The van der Waals surface area contributed by atoms with E-state index in [0.29, 0.717) is 0 Å². The van der Waals surface area contributed by atoms with Gasteiger partial charge in [0, 0.05) is 50.7 Å². The number of piperazine rings is 1. The number of aromatic nitrogens is 4. The first-order valence-corrected chi connectivity index (χ1v) is 10.8. The molecule has 0 spiro atoms. The van der Waals surface area contributed by atoms with E-state index in [-0.39, 0.29) is 5.82 Å². The smallest absolute Gasteiger partial charge is 0.123 e. The van der Waals surface area contributed by atoms with Gasteiger partial charge in [-0.2, -0.15) is 5.10 Å². The molecule has 162 valence electrons. The lowest BCUT2D eigenvalue weighted by atomic mass is 10.1. The second-order valence-electron chi connectivity index (χ2n) is 8.15. The fraction of sp³-hybridized carbons (Fsp3) is 0.240. The zero-order chi connectivity index (χ0) is 21.9. The van der Waals surface area contributed by atoms with Crippen LogP contribution in [0.4, 0.5) is 4.39 Å². The van der Waals surface area contributed by atoms with Gasteiger partial charge in [0.2, 0.25) is 0 Å². The first-order valence-electron chi connectivity index (χ1n) is 10.8. The Labute approximate surface area is 187 Å². The summed E-state index contributed by atoms with van der Waals surface area (Å²) >= 11 is 0. The summed E-state index contributed by atoms with van der Waals surface area (Å²) in [6.45, 7) is 5.04. The molecule has 6 nitrogen and oxygen atoms in total. The highest BCUT2D eigenvalue weighted by Crippen LogP contribution is 2.28. The molecule has 2 aromatic heterocycles. The third-order valence-electron chi connectivity index (χ3n) is 5.93. The molecule has 7 heteroatoms. The van der Waals surface area contributed by atoms with Crippen molar-refractivity contribution in [3.63, 3.8) is 0 Å². The summed E-state index contributed by atoms with van der Waals surface area (Å²) in [4.78, 5) is 13.7. The molecule has 4 aromatic rings. The summed E-state index contributed by atoms with van der Waals surface area (Å²) in [7, 11) is 2.16. The normalized spacial score (nSPS) is 15.2. The van der Waals surface area contributed by atoms with Crippen LogP contribution in [0, 0.1) is 5.82 Å². The molecule has 1 fully saturated rings. The third kappa shape index (κ3) is 4.30. The number of nitrogens with zero attached hydrogens (tertiary/aromatic N) is 6. The van der Waals surface area contributed by atoms with Crippen molar-refractivity contribution >= 4 is 0 Å². The van der Waals surface area contributed by atoms with Gasteiger partial charge < -0.3 is 4.90 Å². The Balaban J connectivity index is 1.48. The second-order valence-corrected chi connectivity index (χ2v) is 8.15. The van der Waals surface area contributed by atoms with E-state index in [4.69, 9.17) is 5.10 Å². The number of benzene rings is 2. The lowest BCUT2D eigenvalue weighted by Crippen LogP contribution is -2.43. The van der Waals surface area contributed by atoms with Crippen LogP contribution in [0.25, 0.3) is 28.2 Å². The average molecular weight is 429 g/mol. The van der Waals surface area contributed by atoms with Gasteiger partial charge in [-0.15, -0.1) is 0 Å². The first kappa shape index (κ1) is 20.5. The molecule has 1 saturated heterocycles. The fourth-order valence-electron chi connectivity index (χ4n) is 4.07. The van der Waals surface area contributed by atoms with E-state index in [0.717, 1.165) is 66.5 Å². The monoisotopic (exact) mass is 428 g/mol. The average Bonchev–Trinajstić information content (AvgIpc) is 3.25. The Kier molecular flexibility index (Phi) is 5.75. The number of rotatable bonds is 5. The Bertz CT molecular complexity index is 1160. The van der Waals surface area contributed by atoms with Crippen LogP contribution in [0.2, 0.25) is 0 Å². The molecule has 1 aliphatic rings. The summed E-state index contributed by atoms with van der Waals surface area (Å²) in [5.74, 6) is -0.233. The van der Waals surface area contributed by atoms with Crippen LogP contribution in [0.15, 0.2) is 73.3 Å². The molecule has 0 unspecified atom stereocenters. The number of hydrogen-bond donors (Lipinski definition) is 0. The van der Waals surface area contributed by atoms with Crippen LogP contribution < -0.4 is 0 Å². The van der Waals surface area contributed by atoms with E-state index >= 15 is 0 Å². The molecule has 32 heavy (non-hydrogen) atoms. The summed E-state index contributed by atoms with van der Waals surface area (Å²) in [6.07, 6.45) is 7.12. The zero-order valence-electron chi connectivity index (χ0n) is 18.0. The Morgan fingerprint density at radius 3 is 2.19 bits per heavy atom. The molecule has 3 heterocycles. The number of hydrogen-bond acceptors (Lipinski definition) is 5. The molecule has 2 aromatic carbocycles. The Hall–Kier alpha value is -3.42. The van der Waals surface area contributed by atoms with E-state index in [1.54, 1.807) is 30.7 Å². The highest BCUT2D eigenvalue weighted by Gasteiger charge is 2.20. The maximum atomic E-state index is 13.3. The Morgan fingerprint density at radius 2 is 1.53 bits per heavy atom. The summed E-state index contributed by atoms with van der Waals surface area (Å²) in [5.41, 5.74) is 5.85. The molecule has 0 radical (unpaired) electrons. The van der Waals surface area contributed by atoms with Gasteiger partial charge in [-0.25, -0.2) is 9.07 Å². The minimum absolute atomic E-state index is 0.233. The predicted molar refractivity (Wildman–Crippen MR) is 123 cm³/mol. The minimum atomic E-state index is -0.233. The molecule has 0 bridgehead atoms. The molecule has 0 aliphatic carbocycles. The van der Waals surface area contributed by atoms with E-state index < -0.39 is 0 Å². The minimum Gasteiger partial charge on any atom is -0.304 e. The summed E-state index contributed by atoms with van der Waals surface area (Å²) < 4.78 is 15.2. The maximum absolute atomic E-state index is 13.3. The molecule has 1 aliphatic heterocycles. The number of halogens is 1. The van der Waals surface area contributed by atoms with Crippen LogP contribution in [0.1, 0.15) is 5.56 Å². The highest BCUT2D eigenvalue weighted by molar-refractivity contribution is 5.66. The van der Waals surface area contributed by atoms with Gasteiger partial charge in [0.05, 0.1) is 23.8 Å². The lowest BCUT2D eigenvalue weighted by molar-refractivity contribution is 0.148. The lowest BCUT2D eigenvalue weighted by Gasteiger charge is -2.32. The highest BCUT2D eigenvalue weighted by atomic mass is 19.1. The van der Waals surface area contributed by atoms with Crippen molar-refractivity contribution in [1.82, 2.24) is 29.5 Å². The predicted octanol–water partition coefficient (Wildman–Crippen LogP) is 3.88. The second kappa shape index (κ2) is 8.98. The molecule has 0 saturated carbocycles. The molecular formula is C25H25FN6. The topological polar surface area (TPSA) is 50.1 Å². The van der Waals surface area contributed by atoms with Gasteiger partial charge in [0.25, 0.3) is 0 Å². The fourth-order valence-corrected chi connectivity index (χ4v) is 4.07. The van der Waals surface area contributed by atoms with Crippen molar-refractivity contribution in [3.05, 3.63) is 84.7 Å². The van der Waals surface area contributed by atoms with Crippen LogP contribution in [0.5, 0.6) is 0 Å². The van der Waals surface area contributed by atoms with Crippen molar-refractivity contribution in [1.29, 1.82) is 0 Å². The zero-order valence-corrected chi connectivity index (χ0v) is 18.0.